The number of anilines is 1. The molecule has 0 radical (unpaired) electrons. The van der Waals surface area contributed by atoms with Crippen LogP contribution in [-0.4, -0.2) is 53.8 Å². The summed E-state index contributed by atoms with van der Waals surface area (Å²) in [5, 5.41) is 0. The Labute approximate surface area is 172 Å². The van der Waals surface area contributed by atoms with Gasteiger partial charge in [-0.2, -0.15) is 13.2 Å². The van der Waals surface area contributed by atoms with Crippen molar-refractivity contribution < 1.29 is 22.8 Å². The van der Waals surface area contributed by atoms with Crippen LogP contribution in [0.4, 0.5) is 18.9 Å². The maximum Gasteiger partial charge on any atom is 0.416 e. The first-order valence-corrected chi connectivity index (χ1v) is 9.87. The minimum atomic E-state index is -4.53. The first-order chi connectivity index (χ1) is 14.3. The number of hydrogen-bond acceptors (Lipinski definition) is 4. The van der Waals surface area contributed by atoms with Crippen molar-refractivity contribution in [3.63, 3.8) is 0 Å². The zero-order chi connectivity index (χ0) is 21.3. The number of nitrogens with zero attached hydrogens (tertiary/aromatic N) is 3. The number of rotatable bonds is 4. The lowest BCUT2D eigenvalue weighted by Crippen LogP contribution is -2.52. The van der Waals surface area contributed by atoms with Gasteiger partial charge in [-0.1, -0.05) is 36.4 Å². The van der Waals surface area contributed by atoms with Crippen LogP contribution < -0.4 is 4.90 Å². The third kappa shape index (κ3) is 4.24. The Bertz CT molecular complexity index is 925. The number of halogens is 3. The van der Waals surface area contributed by atoms with Crippen molar-refractivity contribution in [1.82, 2.24) is 9.80 Å². The summed E-state index contributed by atoms with van der Waals surface area (Å²) in [6.45, 7) is 3.61. The van der Waals surface area contributed by atoms with E-state index in [9.17, 15) is 22.8 Å². The standard InChI is InChI=1S/C22H22F3N3O2/c23-22(24,25)17-7-4-8-18(13-17)28-20(29)14-19(21(28)30)27-11-9-26(10-12-27)15-16-5-2-1-3-6-16/h1-8,13,19H,9-12,14-15H2/t19-/m0/s1. The zero-order valence-electron chi connectivity index (χ0n) is 16.3. The Kier molecular flexibility index (Phi) is 5.62. The molecule has 2 saturated heterocycles. The molecule has 2 amide bonds. The van der Waals surface area contributed by atoms with E-state index in [-0.39, 0.29) is 12.1 Å². The first-order valence-electron chi connectivity index (χ1n) is 9.87. The van der Waals surface area contributed by atoms with Crippen LogP contribution in [0.1, 0.15) is 17.5 Å². The van der Waals surface area contributed by atoms with Crippen LogP contribution in [0, 0.1) is 0 Å². The average Bonchev–Trinajstić information content (AvgIpc) is 3.03. The summed E-state index contributed by atoms with van der Waals surface area (Å²) in [7, 11) is 0. The molecule has 2 aliphatic rings. The Balaban J connectivity index is 1.41. The van der Waals surface area contributed by atoms with E-state index in [4.69, 9.17) is 0 Å². The van der Waals surface area contributed by atoms with E-state index in [0.29, 0.717) is 13.1 Å². The van der Waals surface area contributed by atoms with E-state index in [1.807, 2.05) is 23.1 Å². The molecular formula is C22H22F3N3O2. The van der Waals surface area contributed by atoms with Gasteiger partial charge in [-0.3, -0.25) is 19.4 Å². The topological polar surface area (TPSA) is 43.9 Å². The van der Waals surface area contributed by atoms with E-state index in [1.54, 1.807) is 0 Å². The van der Waals surface area contributed by atoms with Gasteiger partial charge in [0.1, 0.15) is 0 Å². The fourth-order valence-corrected chi connectivity index (χ4v) is 4.07. The van der Waals surface area contributed by atoms with Gasteiger partial charge in [0.05, 0.1) is 23.7 Å². The second-order valence-corrected chi connectivity index (χ2v) is 7.63. The van der Waals surface area contributed by atoms with Gasteiger partial charge in [-0.05, 0) is 23.8 Å². The van der Waals surface area contributed by atoms with Gasteiger partial charge in [0, 0.05) is 32.7 Å². The zero-order valence-corrected chi connectivity index (χ0v) is 16.3. The number of piperazine rings is 1. The molecule has 0 unspecified atom stereocenters. The van der Waals surface area contributed by atoms with Crippen molar-refractivity contribution in [3.8, 4) is 0 Å². The van der Waals surface area contributed by atoms with Crippen LogP contribution in [0.15, 0.2) is 54.6 Å². The van der Waals surface area contributed by atoms with Gasteiger partial charge in [0.15, 0.2) is 0 Å². The summed E-state index contributed by atoms with van der Waals surface area (Å²) in [5.74, 6) is -0.910. The lowest BCUT2D eigenvalue weighted by molar-refractivity contribution is -0.137. The van der Waals surface area contributed by atoms with Crippen LogP contribution >= 0.6 is 0 Å². The summed E-state index contributed by atoms with van der Waals surface area (Å²) in [4.78, 5) is 30.6. The second kappa shape index (κ2) is 8.20. The monoisotopic (exact) mass is 417 g/mol. The highest BCUT2D eigenvalue weighted by Crippen LogP contribution is 2.33. The number of imide groups is 1. The average molecular weight is 417 g/mol. The van der Waals surface area contributed by atoms with Crippen LogP contribution in [-0.2, 0) is 22.3 Å². The van der Waals surface area contributed by atoms with Crippen molar-refractivity contribution in [2.45, 2.75) is 25.2 Å². The van der Waals surface area contributed by atoms with E-state index in [2.05, 4.69) is 17.0 Å². The summed E-state index contributed by atoms with van der Waals surface area (Å²) < 4.78 is 39.0. The van der Waals surface area contributed by atoms with Crippen molar-refractivity contribution in [2.24, 2.45) is 0 Å². The first kappa shape index (κ1) is 20.6. The summed E-state index contributed by atoms with van der Waals surface area (Å²) >= 11 is 0. The van der Waals surface area contributed by atoms with Crippen LogP contribution in [0.25, 0.3) is 0 Å². The molecule has 2 heterocycles. The largest absolute Gasteiger partial charge is 0.416 e. The molecular weight excluding hydrogens is 395 g/mol. The fourth-order valence-electron chi connectivity index (χ4n) is 4.07. The molecule has 4 rings (SSSR count). The van der Waals surface area contributed by atoms with Crippen LogP contribution in [0.5, 0.6) is 0 Å². The lowest BCUT2D eigenvalue weighted by atomic mass is 10.1. The lowest BCUT2D eigenvalue weighted by Gasteiger charge is -2.37. The molecule has 2 fully saturated rings. The molecule has 2 aromatic rings. The molecule has 158 valence electrons. The quantitative estimate of drug-likeness (QED) is 0.717. The highest BCUT2D eigenvalue weighted by Gasteiger charge is 2.44. The summed E-state index contributed by atoms with van der Waals surface area (Å²) in [6.07, 6.45) is -4.54. The van der Waals surface area contributed by atoms with Crippen LogP contribution in [0.2, 0.25) is 0 Å². The van der Waals surface area contributed by atoms with E-state index >= 15 is 0 Å². The Hall–Kier alpha value is -2.71. The molecule has 30 heavy (non-hydrogen) atoms. The van der Waals surface area contributed by atoms with Crippen molar-refractivity contribution >= 4 is 17.5 Å². The third-order valence-corrected chi connectivity index (χ3v) is 5.65. The highest BCUT2D eigenvalue weighted by atomic mass is 19.4. The van der Waals surface area contributed by atoms with Gasteiger partial charge >= 0.3 is 6.18 Å². The van der Waals surface area contributed by atoms with Gasteiger partial charge in [0.2, 0.25) is 5.91 Å². The summed E-state index contributed by atoms with van der Waals surface area (Å²) in [6, 6.07) is 13.9. The van der Waals surface area contributed by atoms with Gasteiger partial charge < -0.3 is 0 Å². The number of carbonyl (C=O) groups excluding carboxylic acids is 2. The van der Waals surface area contributed by atoms with E-state index < -0.39 is 29.6 Å². The number of hydrogen-bond donors (Lipinski definition) is 0. The predicted molar refractivity (Wildman–Crippen MR) is 106 cm³/mol. The van der Waals surface area contributed by atoms with Crippen molar-refractivity contribution in [3.05, 3.63) is 65.7 Å². The number of amides is 2. The molecule has 0 aliphatic carbocycles. The third-order valence-electron chi connectivity index (χ3n) is 5.65. The molecule has 2 aliphatic heterocycles. The van der Waals surface area contributed by atoms with Gasteiger partial charge in [-0.25, -0.2) is 4.90 Å². The summed E-state index contributed by atoms with van der Waals surface area (Å²) in [5.41, 5.74) is 0.317. The Morgan fingerprint density at radius 2 is 1.60 bits per heavy atom. The molecule has 0 bridgehead atoms. The molecule has 0 N–H and O–H groups in total. The molecule has 0 spiro atoms. The maximum atomic E-state index is 13.0. The van der Waals surface area contributed by atoms with Crippen molar-refractivity contribution in [1.29, 1.82) is 0 Å². The SMILES string of the molecule is O=C1C[C@H](N2CCN(Cc3ccccc3)CC2)C(=O)N1c1cccc(C(F)(F)F)c1. The Morgan fingerprint density at radius 3 is 2.27 bits per heavy atom. The molecule has 1 atom stereocenters. The predicted octanol–water partition coefficient (Wildman–Crippen LogP) is 3.16. The number of carbonyl (C=O) groups is 2. The molecule has 0 saturated carbocycles. The highest BCUT2D eigenvalue weighted by molar-refractivity contribution is 6.22. The maximum absolute atomic E-state index is 13.0. The minimum absolute atomic E-state index is 0.00619. The second-order valence-electron chi connectivity index (χ2n) is 7.63. The Morgan fingerprint density at radius 1 is 0.900 bits per heavy atom. The number of alkyl halides is 3. The van der Waals surface area contributed by atoms with Crippen molar-refractivity contribution in [2.75, 3.05) is 31.1 Å². The van der Waals surface area contributed by atoms with E-state index in [1.165, 1.54) is 17.7 Å². The molecule has 8 heteroatoms. The smallest absolute Gasteiger partial charge is 0.297 e. The molecule has 0 aromatic heterocycles. The van der Waals surface area contributed by atoms with Gasteiger partial charge in [0.25, 0.3) is 5.91 Å². The fraction of sp³-hybridized carbons (Fsp3) is 0.364. The minimum Gasteiger partial charge on any atom is -0.297 e. The molecule has 2 aromatic carbocycles. The van der Waals surface area contributed by atoms with Gasteiger partial charge in [-0.15, -0.1) is 0 Å². The van der Waals surface area contributed by atoms with Crippen LogP contribution in [0.3, 0.4) is 0 Å². The van der Waals surface area contributed by atoms with E-state index in [0.717, 1.165) is 36.7 Å². The number of benzene rings is 2. The normalized spacial score (nSPS) is 21.4. The molecule has 5 nitrogen and oxygen atoms in total.